The smallest absolute Gasteiger partial charge is 0.328 e. The topological polar surface area (TPSA) is 479 Å². The Balaban J connectivity index is 2.23. The van der Waals surface area contributed by atoms with E-state index >= 15 is 0 Å². The van der Waals surface area contributed by atoms with E-state index < -0.39 is 165 Å². The van der Waals surface area contributed by atoms with Gasteiger partial charge < -0.3 is 90.2 Å². The average molecular weight is 958 g/mol. The molecular weight excluding hydrogens is 894 g/mol. The molecule has 0 bridgehead atoms. The molecule has 0 aromatic rings. The highest BCUT2D eigenvalue weighted by Crippen LogP contribution is 2.20. The Morgan fingerprint density at radius 3 is 1.67 bits per heavy atom. The molecule has 29 heteroatoms. The number of likely N-dealkylation sites (tertiary alicyclic amines) is 1. The molecule has 0 aromatic carbocycles. The van der Waals surface area contributed by atoms with Crippen LogP contribution < -0.4 is 59.7 Å². The number of carbonyl (C=O) groups is 11. The van der Waals surface area contributed by atoms with E-state index in [0.717, 1.165) is 11.3 Å². The molecule has 0 saturated carbocycles. The van der Waals surface area contributed by atoms with Gasteiger partial charge in [-0.1, -0.05) is 0 Å². The largest absolute Gasteiger partial charge is 0.481 e. The van der Waals surface area contributed by atoms with Gasteiger partial charge in [-0.15, -0.1) is 0 Å². The van der Waals surface area contributed by atoms with Crippen molar-refractivity contribution in [2.75, 3.05) is 39.5 Å². The van der Waals surface area contributed by atoms with Crippen LogP contribution >= 0.6 is 0 Å². The number of aliphatic hydroxyl groups excluding tert-OH is 3. The molecule has 0 aliphatic carbocycles. The second-order valence-corrected chi connectivity index (χ2v) is 15.7. The third kappa shape index (κ3) is 19.0. The van der Waals surface area contributed by atoms with E-state index in [4.69, 9.17) is 17.2 Å². The Hall–Kier alpha value is -6.72. The first-order valence-corrected chi connectivity index (χ1v) is 21.4. The number of nitrogens with zero attached hydrogens (tertiary/aromatic N) is 2. The van der Waals surface area contributed by atoms with Gasteiger partial charge in [0, 0.05) is 25.9 Å². The molecule has 9 atom stereocenters. The maximum atomic E-state index is 13.8. The summed E-state index contributed by atoms with van der Waals surface area (Å²) in [4.78, 5) is 146. The summed E-state index contributed by atoms with van der Waals surface area (Å²) in [5.41, 5.74) is 15.9. The average Bonchev–Trinajstić information content (AvgIpc) is 4.01. The van der Waals surface area contributed by atoms with Gasteiger partial charge in [0.25, 0.3) is 0 Å². The predicted molar refractivity (Wildman–Crippen MR) is 229 cm³/mol. The van der Waals surface area contributed by atoms with Crippen LogP contribution in [0.3, 0.4) is 0 Å². The van der Waals surface area contributed by atoms with Crippen LogP contribution in [-0.4, -0.2) is 195 Å². The number of nitrogens with two attached hydrogens (primary N) is 3. The van der Waals surface area contributed by atoms with Crippen molar-refractivity contribution in [2.24, 2.45) is 22.2 Å². The highest BCUT2D eigenvalue weighted by molar-refractivity contribution is 5.98. The van der Waals surface area contributed by atoms with Crippen LogP contribution in [-0.2, 0) is 52.7 Å². The molecular formula is C38H63N13O16. The predicted octanol–water partition coefficient (Wildman–Crippen LogP) is -8.61. The van der Waals surface area contributed by atoms with Crippen molar-refractivity contribution in [3.63, 3.8) is 0 Å². The molecule has 2 saturated heterocycles. The highest BCUT2D eigenvalue weighted by atomic mass is 16.4. The van der Waals surface area contributed by atoms with Crippen LogP contribution in [0.25, 0.3) is 0 Å². The SMILES string of the molecule is C[C@H](NC(=O)[C@@H]1CCCN1)C(=O)N[C@@H](CO)C(=O)N[C@@H](CCC(N)=O)C(=O)N[C@@H](CO)C(=O)N1CCC[C@H]1C(=O)N[C@@H](CCC(=O)O)C(=O)N[C@@H](CCCN=C(N)N)C(=O)N[C@@H](CO)C(=O)O. The summed E-state index contributed by atoms with van der Waals surface area (Å²) in [5, 5.41) is 67.3. The molecule has 2 aliphatic rings. The summed E-state index contributed by atoms with van der Waals surface area (Å²) in [5.74, 6) is -11.9. The van der Waals surface area contributed by atoms with Crippen LogP contribution in [0, 0.1) is 0 Å². The second-order valence-electron chi connectivity index (χ2n) is 15.7. The van der Waals surface area contributed by atoms with Gasteiger partial charge in [0.1, 0.15) is 48.3 Å². The van der Waals surface area contributed by atoms with E-state index in [9.17, 15) is 78.3 Å². The van der Waals surface area contributed by atoms with Crippen molar-refractivity contribution in [1.82, 2.24) is 47.4 Å². The van der Waals surface area contributed by atoms with E-state index in [2.05, 4.69) is 47.5 Å². The molecule has 2 rings (SSSR count). The van der Waals surface area contributed by atoms with Crippen LogP contribution in [0.15, 0.2) is 4.99 Å². The van der Waals surface area contributed by atoms with Gasteiger partial charge in [0.05, 0.1) is 25.9 Å². The minimum atomic E-state index is -1.78. The number of carbonyl (C=O) groups excluding carboxylic acids is 9. The zero-order valence-electron chi connectivity index (χ0n) is 36.9. The van der Waals surface area contributed by atoms with Crippen molar-refractivity contribution in [3.8, 4) is 0 Å². The van der Waals surface area contributed by atoms with E-state index in [0.29, 0.717) is 13.0 Å². The van der Waals surface area contributed by atoms with E-state index in [1.165, 1.54) is 6.92 Å². The number of carboxylic acids is 2. The zero-order chi connectivity index (χ0) is 50.4. The maximum absolute atomic E-state index is 13.8. The van der Waals surface area contributed by atoms with Crippen LogP contribution in [0.5, 0.6) is 0 Å². The van der Waals surface area contributed by atoms with Crippen LogP contribution in [0.4, 0.5) is 0 Å². The minimum absolute atomic E-state index is 0.0180. The number of rotatable bonds is 29. The van der Waals surface area contributed by atoms with E-state index in [-0.39, 0.29) is 44.7 Å². The third-order valence-corrected chi connectivity index (χ3v) is 10.5. The molecule has 0 spiro atoms. The summed E-state index contributed by atoms with van der Waals surface area (Å²) in [6.07, 6.45) is -0.809. The number of nitrogens with one attached hydrogen (secondary N) is 8. The first-order valence-electron chi connectivity index (χ1n) is 21.4. The van der Waals surface area contributed by atoms with Gasteiger partial charge in [-0.25, -0.2) is 4.79 Å². The third-order valence-electron chi connectivity index (χ3n) is 10.5. The lowest BCUT2D eigenvalue weighted by molar-refractivity contribution is -0.144. The molecule has 0 aromatic heterocycles. The number of primary amides is 1. The highest BCUT2D eigenvalue weighted by Gasteiger charge is 2.40. The number of amides is 9. The molecule has 0 radical (unpaired) electrons. The lowest BCUT2D eigenvalue weighted by Crippen LogP contribution is -2.61. The number of aliphatic hydroxyl groups is 3. The Morgan fingerprint density at radius 2 is 1.15 bits per heavy atom. The maximum Gasteiger partial charge on any atom is 0.328 e. The number of carboxylic acid groups (broad SMARTS) is 2. The van der Waals surface area contributed by atoms with Crippen molar-refractivity contribution < 1.29 is 78.3 Å². The Morgan fingerprint density at radius 1 is 0.627 bits per heavy atom. The molecule has 2 fully saturated rings. The summed E-state index contributed by atoms with van der Waals surface area (Å²) < 4.78 is 0. The molecule has 2 heterocycles. The normalized spacial score (nSPS) is 18.5. The molecule has 19 N–H and O–H groups in total. The van der Waals surface area contributed by atoms with Crippen molar-refractivity contribution in [3.05, 3.63) is 0 Å². The molecule has 0 unspecified atom stereocenters. The summed E-state index contributed by atoms with van der Waals surface area (Å²) in [7, 11) is 0. The van der Waals surface area contributed by atoms with Gasteiger partial charge in [-0.2, -0.15) is 0 Å². The lowest BCUT2D eigenvalue weighted by atomic mass is 10.1. The second kappa shape index (κ2) is 28.3. The van der Waals surface area contributed by atoms with E-state index in [1.807, 2.05) is 0 Å². The van der Waals surface area contributed by atoms with Gasteiger partial charge in [-0.3, -0.25) is 52.9 Å². The number of aliphatic carboxylic acids is 2. The van der Waals surface area contributed by atoms with Crippen LogP contribution in [0.1, 0.15) is 71.1 Å². The molecule has 376 valence electrons. The van der Waals surface area contributed by atoms with Crippen LogP contribution in [0.2, 0.25) is 0 Å². The lowest BCUT2D eigenvalue weighted by Gasteiger charge is -2.30. The first kappa shape index (κ1) is 56.4. The fraction of sp³-hybridized carbons (Fsp3) is 0.684. The summed E-state index contributed by atoms with van der Waals surface area (Å²) in [6.45, 7) is -1.23. The first-order chi connectivity index (χ1) is 31.6. The van der Waals surface area contributed by atoms with Gasteiger partial charge in [-0.05, 0) is 64.8 Å². The van der Waals surface area contributed by atoms with Crippen molar-refractivity contribution in [1.29, 1.82) is 0 Å². The number of guanidine groups is 1. The quantitative estimate of drug-likeness (QED) is 0.0188. The van der Waals surface area contributed by atoms with Crippen molar-refractivity contribution >= 4 is 71.1 Å². The summed E-state index contributed by atoms with van der Waals surface area (Å²) in [6, 6.07) is -13.1. The van der Waals surface area contributed by atoms with Gasteiger partial charge >= 0.3 is 11.9 Å². The molecule has 9 amide bonds. The Kier molecular flexibility index (Phi) is 23.9. The number of aliphatic imine (C=N–C) groups is 1. The van der Waals surface area contributed by atoms with E-state index in [1.54, 1.807) is 0 Å². The monoisotopic (exact) mass is 957 g/mol. The number of hydrogen-bond acceptors (Lipinski definition) is 16. The fourth-order valence-electron chi connectivity index (χ4n) is 6.87. The summed E-state index contributed by atoms with van der Waals surface area (Å²) >= 11 is 0. The Labute approximate surface area is 383 Å². The van der Waals surface area contributed by atoms with Crippen molar-refractivity contribution in [2.45, 2.75) is 126 Å². The standard InChI is InChI=1S/C38H63N13O16/c1-18(44-30(59)19-5-2-12-42-19)29(58)48-23(15-52)34(63)46-21(8-10-27(39)55)33(62)49-24(16-53)36(65)51-14-4-7-26(51)35(64)47-22(9-11-28(56)57)32(61)45-20(6-3-13-43-38(40)41)31(60)50-25(17-54)37(66)67/h18-26,42,52-54H,2-17H2,1H3,(H2,39,55)(H,44,59)(H,45,61)(H,46,63)(H,47,64)(H,48,58)(H,49,62)(H,50,60)(H,56,57)(H,66,67)(H4,40,41,43)/t18-,19-,20-,21-,22-,23-,24-,25-,26-/m0/s1. The van der Waals surface area contributed by atoms with Gasteiger partial charge in [0.15, 0.2) is 5.96 Å². The van der Waals surface area contributed by atoms with Gasteiger partial charge in [0.2, 0.25) is 53.2 Å². The fourth-order valence-corrected chi connectivity index (χ4v) is 6.87. The molecule has 67 heavy (non-hydrogen) atoms. The Bertz CT molecular complexity index is 1830. The minimum Gasteiger partial charge on any atom is -0.481 e. The molecule has 2 aliphatic heterocycles. The molecule has 29 nitrogen and oxygen atoms in total. The zero-order valence-corrected chi connectivity index (χ0v) is 36.9. The number of hydrogen-bond donors (Lipinski definition) is 16.